The molecule has 1 aromatic carbocycles. The summed E-state index contributed by atoms with van der Waals surface area (Å²) in [5, 5.41) is 3.35. The number of carbonyl (C=O) groups is 1. The normalized spacial score (nSPS) is 16.2. The Morgan fingerprint density at radius 3 is 2.89 bits per heavy atom. The number of nitrogens with one attached hydrogen (secondary N) is 1. The molecule has 1 aromatic rings. The topological polar surface area (TPSA) is 32.3 Å². The third-order valence-electron chi connectivity index (χ3n) is 3.41. The standard InChI is InChI=1S/C14H20N2O.ClH/c1-3-11(2)14(17)16-9-8-15-10-12-6-4-5-7-13(12)16;/h4-7,11,15H,3,8-10H2,1-2H3;1H. The van der Waals surface area contributed by atoms with E-state index in [4.69, 9.17) is 0 Å². The molecule has 2 rings (SSSR count). The van der Waals surface area contributed by atoms with Gasteiger partial charge in [0.05, 0.1) is 0 Å². The van der Waals surface area contributed by atoms with Crippen LogP contribution in [0.25, 0.3) is 0 Å². The fourth-order valence-electron chi connectivity index (χ4n) is 2.13. The van der Waals surface area contributed by atoms with Crippen molar-refractivity contribution in [2.45, 2.75) is 26.8 Å². The lowest BCUT2D eigenvalue weighted by Crippen LogP contribution is -2.38. The van der Waals surface area contributed by atoms with E-state index in [9.17, 15) is 4.79 Å². The number of benzene rings is 1. The molecule has 1 aliphatic heterocycles. The van der Waals surface area contributed by atoms with E-state index < -0.39 is 0 Å². The van der Waals surface area contributed by atoms with E-state index in [1.807, 2.05) is 30.0 Å². The van der Waals surface area contributed by atoms with Crippen LogP contribution in [-0.4, -0.2) is 19.0 Å². The van der Waals surface area contributed by atoms with Crippen molar-refractivity contribution in [2.75, 3.05) is 18.0 Å². The molecule has 0 saturated heterocycles. The molecule has 0 bridgehead atoms. The zero-order chi connectivity index (χ0) is 12.3. The fourth-order valence-corrected chi connectivity index (χ4v) is 2.13. The lowest BCUT2D eigenvalue weighted by Gasteiger charge is -2.25. The molecule has 1 aliphatic rings. The molecule has 0 radical (unpaired) electrons. The first kappa shape index (κ1) is 15.0. The Hall–Kier alpha value is -1.06. The van der Waals surface area contributed by atoms with Gasteiger partial charge in [-0.15, -0.1) is 12.4 Å². The van der Waals surface area contributed by atoms with E-state index in [0.717, 1.165) is 31.7 Å². The lowest BCUT2D eigenvalue weighted by molar-refractivity contribution is -0.121. The molecule has 0 aliphatic carbocycles. The predicted molar refractivity (Wildman–Crippen MR) is 77.2 cm³/mol. The number of fused-ring (bicyclic) bond motifs is 1. The number of nitrogens with zero attached hydrogens (tertiary/aromatic N) is 1. The Morgan fingerprint density at radius 2 is 2.17 bits per heavy atom. The van der Waals surface area contributed by atoms with E-state index in [2.05, 4.69) is 18.3 Å². The number of carbonyl (C=O) groups excluding carboxylic acids is 1. The summed E-state index contributed by atoms with van der Waals surface area (Å²) in [7, 11) is 0. The Balaban J connectivity index is 0.00000162. The average Bonchev–Trinajstić information content (AvgIpc) is 2.59. The molecule has 0 saturated carbocycles. The van der Waals surface area contributed by atoms with E-state index in [0.29, 0.717) is 0 Å². The third kappa shape index (κ3) is 3.03. The van der Waals surface area contributed by atoms with Crippen LogP contribution < -0.4 is 10.2 Å². The first-order valence-electron chi connectivity index (χ1n) is 6.34. The van der Waals surface area contributed by atoms with Crippen molar-refractivity contribution in [1.82, 2.24) is 5.32 Å². The Labute approximate surface area is 115 Å². The van der Waals surface area contributed by atoms with Crippen LogP contribution in [0.3, 0.4) is 0 Å². The van der Waals surface area contributed by atoms with E-state index in [1.54, 1.807) is 0 Å². The molecular formula is C14H21ClN2O. The van der Waals surface area contributed by atoms with E-state index in [-0.39, 0.29) is 24.2 Å². The fraction of sp³-hybridized carbons (Fsp3) is 0.500. The summed E-state index contributed by atoms with van der Waals surface area (Å²) in [4.78, 5) is 14.3. The summed E-state index contributed by atoms with van der Waals surface area (Å²) in [6, 6.07) is 8.16. The highest BCUT2D eigenvalue weighted by Gasteiger charge is 2.23. The number of para-hydroxylation sites is 1. The number of amides is 1. The van der Waals surface area contributed by atoms with Gasteiger partial charge in [0.2, 0.25) is 5.91 Å². The Morgan fingerprint density at radius 1 is 1.44 bits per heavy atom. The first-order chi connectivity index (χ1) is 8.24. The highest BCUT2D eigenvalue weighted by molar-refractivity contribution is 5.95. The zero-order valence-corrected chi connectivity index (χ0v) is 11.8. The van der Waals surface area contributed by atoms with Gasteiger partial charge >= 0.3 is 0 Å². The molecule has 1 heterocycles. The number of hydrogen-bond acceptors (Lipinski definition) is 2. The predicted octanol–water partition coefficient (Wildman–Crippen LogP) is 2.59. The second-order valence-corrected chi connectivity index (χ2v) is 4.60. The van der Waals surface area contributed by atoms with E-state index >= 15 is 0 Å². The van der Waals surface area contributed by atoms with Crippen molar-refractivity contribution in [3.8, 4) is 0 Å². The molecule has 18 heavy (non-hydrogen) atoms. The van der Waals surface area contributed by atoms with E-state index in [1.165, 1.54) is 5.56 Å². The van der Waals surface area contributed by atoms with Gasteiger partial charge < -0.3 is 10.2 Å². The van der Waals surface area contributed by atoms with Gasteiger partial charge in [0, 0.05) is 31.2 Å². The van der Waals surface area contributed by atoms with Gasteiger partial charge in [0.25, 0.3) is 0 Å². The van der Waals surface area contributed by atoms with Crippen molar-refractivity contribution in [3.05, 3.63) is 29.8 Å². The Kier molecular flexibility index (Phi) is 5.63. The van der Waals surface area contributed by atoms with Crippen LogP contribution in [0.4, 0.5) is 5.69 Å². The molecule has 3 nitrogen and oxygen atoms in total. The molecule has 4 heteroatoms. The number of halogens is 1. The number of hydrogen-bond donors (Lipinski definition) is 1. The smallest absolute Gasteiger partial charge is 0.229 e. The highest BCUT2D eigenvalue weighted by Crippen LogP contribution is 2.24. The minimum absolute atomic E-state index is 0. The van der Waals surface area contributed by atoms with Gasteiger partial charge in [-0.1, -0.05) is 32.0 Å². The maximum absolute atomic E-state index is 12.3. The van der Waals surface area contributed by atoms with Gasteiger partial charge in [-0.3, -0.25) is 4.79 Å². The summed E-state index contributed by atoms with van der Waals surface area (Å²) >= 11 is 0. The Bertz CT molecular complexity index is 409. The van der Waals surface area contributed by atoms with Crippen LogP contribution in [0.15, 0.2) is 24.3 Å². The van der Waals surface area contributed by atoms with Crippen molar-refractivity contribution >= 4 is 24.0 Å². The van der Waals surface area contributed by atoms with Gasteiger partial charge in [0.1, 0.15) is 0 Å². The first-order valence-corrected chi connectivity index (χ1v) is 6.34. The van der Waals surface area contributed by atoms with Crippen LogP contribution in [0.1, 0.15) is 25.8 Å². The SMILES string of the molecule is CCC(C)C(=O)N1CCNCc2ccccc21.Cl. The molecule has 0 spiro atoms. The van der Waals surface area contributed by atoms with Crippen molar-refractivity contribution in [3.63, 3.8) is 0 Å². The molecule has 1 amide bonds. The maximum atomic E-state index is 12.3. The second kappa shape index (κ2) is 6.76. The number of rotatable bonds is 2. The molecule has 0 aromatic heterocycles. The number of anilines is 1. The monoisotopic (exact) mass is 268 g/mol. The summed E-state index contributed by atoms with van der Waals surface area (Å²) in [6.45, 7) is 6.53. The van der Waals surface area contributed by atoms with Gasteiger partial charge in [-0.05, 0) is 18.1 Å². The third-order valence-corrected chi connectivity index (χ3v) is 3.41. The molecule has 0 fully saturated rings. The van der Waals surface area contributed by atoms with Gasteiger partial charge in [0.15, 0.2) is 0 Å². The average molecular weight is 269 g/mol. The molecule has 1 unspecified atom stereocenters. The van der Waals surface area contributed by atoms with Gasteiger partial charge in [-0.25, -0.2) is 0 Å². The van der Waals surface area contributed by atoms with Crippen molar-refractivity contribution < 1.29 is 4.79 Å². The van der Waals surface area contributed by atoms with Crippen LogP contribution >= 0.6 is 12.4 Å². The zero-order valence-electron chi connectivity index (χ0n) is 11.0. The summed E-state index contributed by atoms with van der Waals surface area (Å²) in [5.41, 5.74) is 2.28. The van der Waals surface area contributed by atoms with Crippen LogP contribution in [0.5, 0.6) is 0 Å². The minimum Gasteiger partial charge on any atom is -0.311 e. The minimum atomic E-state index is 0. The van der Waals surface area contributed by atoms with Crippen LogP contribution in [0.2, 0.25) is 0 Å². The molecule has 100 valence electrons. The van der Waals surface area contributed by atoms with Crippen LogP contribution in [-0.2, 0) is 11.3 Å². The summed E-state index contributed by atoms with van der Waals surface area (Å²) < 4.78 is 0. The summed E-state index contributed by atoms with van der Waals surface area (Å²) in [6.07, 6.45) is 0.894. The lowest BCUT2D eigenvalue weighted by atomic mass is 10.1. The van der Waals surface area contributed by atoms with Crippen LogP contribution in [0, 0.1) is 5.92 Å². The molecule has 1 N–H and O–H groups in total. The molecule has 1 atom stereocenters. The summed E-state index contributed by atoms with van der Waals surface area (Å²) in [5.74, 6) is 0.338. The molecular weight excluding hydrogens is 248 g/mol. The second-order valence-electron chi connectivity index (χ2n) is 4.60. The maximum Gasteiger partial charge on any atom is 0.229 e. The van der Waals surface area contributed by atoms with Crippen molar-refractivity contribution in [1.29, 1.82) is 0 Å². The van der Waals surface area contributed by atoms with Crippen molar-refractivity contribution in [2.24, 2.45) is 5.92 Å². The largest absolute Gasteiger partial charge is 0.311 e. The quantitative estimate of drug-likeness (QED) is 0.894. The highest BCUT2D eigenvalue weighted by atomic mass is 35.5. The van der Waals surface area contributed by atoms with Gasteiger partial charge in [-0.2, -0.15) is 0 Å².